The van der Waals surface area contributed by atoms with Gasteiger partial charge in [0.25, 0.3) is 5.91 Å². The highest BCUT2D eigenvalue weighted by molar-refractivity contribution is 7.99. The molecule has 138 valence electrons. The van der Waals surface area contributed by atoms with Crippen LogP contribution in [0.2, 0.25) is 0 Å². The third-order valence-corrected chi connectivity index (χ3v) is 7.70. The maximum atomic E-state index is 12.8. The summed E-state index contributed by atoms with van der Waals surface area (Å²) in [6, 6.07) is 6.58. The minimum Gasteiger partial charge on any atom is -0.349 e. The van der Waals surface area contributed by atoms with Gasteiger partial charge in [-0.05, 0) is 49.6 Å². The van der Waals surface area contributed by atoms with Crippen molar-refractivity contribution in [2.45, 2.75) is 23.8 Å². The summed E-state index contributed by atoms with van der Waals surface area (Å²) in [5.74, 6) is 1.93. The van der Waals surface area contributed by atoms with Crippen LogP contribution in [0.15, 0.2) is 29.2 Å². The summed E-state index contributed by atoms with van der Waals surface area (Å²) < 4.78 is 27.2. The van der Waals surface area contributed by atoms with Gasteiger partial charge < -0.3 is 10.2 Å². The van der Waals surface area contributed by atoms with Gasteiger partial charge in [0.05, 0.1) is 4.90 Å². The number of hydrogen-bond acceptors (Lipinski definition) is 5. The number of carbonyl (C=O) groups is 1. The highest BCUT2D eigenvalue weighted by Crippen LogP contribution is 2.20. The van der Waals surface area contributed by atoms with Gasteiger partial charge in [-0.15, -0.1) is 0 Å². The molecule has 1 aromatic rings. The summed E-state index contributed by atoms with van der Waals surface area (Å²) in [4.78, 5) is 14.8. The number of hydrogen-bond donors (Lipinski definition) is 1. The summed E-state index contributed by atoms with van der Waals surface area (Å²) in [7, 11) is -1.57. The zero-order chi connectivity index (χ0) is 17.9. The molecule has 6 nitrogen and oxygen atoms in total. The lowest BCUT2D eigenvalue weighted by Crippen LogP contribution is -2.47. The van der Waals surface area contributed by atoms with Gasteiger partial charge in [-0.3, -0.25) is 4.79 Å². The van der Waals surface area contributed by atoms with E-state index in [1.165, 1.54) is 10.4 Å². The van der Waals surface area contributed by atoms with Crippen molar-refractivity contribution in [3.63, 3.8) is 0 Å². The molecule has 0 spiro atoms. The number of thioether (sulfide) groups is 1. The standard InChI is InChI=1S/C17H25N3O3S2/c1-19-7-9-20(10-8-19)25(22,23)16-4-2-3-14(13-16)17(21)18-15-5-11-24-12-6-15/h2-4,13,15H,5-12H2,1H3,(H,18,21). The SMILES string of the molecule is CN1CCN(S(=O)(=O)c2cccc(C(=O)NC3CCSCC3)c2)CC1. The molecule has 1 amide bonds. The van der Waals surface area contributed by atoms with E-state index < -0.39 is 10.0 Å². The number of likely N-dealkylation sites (N-methyl/N-ethyl adjacent to an activating group) is 1. The van der Waals surface area contributed by atoms with Crippen LogP contribution in [-0.2, 0) is 10.0 Å². The second-order valence-electron chi connectivity index (χ2n) is 6.60. The van der Waals surface area contributed by atoms with Gasteiger partial charge in [-0.2, -0.15) is 16.1 Å². The normalized spacial score (nSPS) is 21.2. The van der Waals surface area contributed by atoms with E-state index >= 15 is 0 Å². The van der Waals surface area contributed by atoms with Crippen molar-refractivity contribution < 1.29 is 13.2 Å². The fourth-order valence-corrected chi connectivity index (χ4v) is 5.66. The van der Waals surface area contributed by atoms with E-state index in [-0.39, 0.29) is 16.8 Å². The summed E-state index contributed by atoms with van der Waals surface area (Å²) in [6.45, 7) is 2.40. The second-order valence-corrected chi connectivity index (χ2v) is 9.76. The molecule has 0 atom stereocenters. The Labute approximate surface area is 154 Å². The van der Waals surface area contributed by atoms with E-state index in [0.717, 1.165) is 37.4 Å². The molecule has 2 heterocycles. The topological polar surface area (TPSA) is 69.7 Å². The molecular formula is C17H25N3O3S2. The van der Waals surface area contributed by atoms with Crippen molar-refractivity contribution in [3.8, 4) is 0 Å². The van der Waals surface area contributed by atoms with Crippen molar-refractivity contribution in [2.75, 3.05) is 44.7 Å². The third kappa shape index (κ3) is 4.55. The maximum Gasteiger partial charge on any atom is 0.251 e. The Balaban J connectivity index is 1.73. The first-order valence-corrected chi connectivity index (χ1v) is 11.2. The van der Waals surface area contributed by atoms with Crippen LogP contribution in [0, 0.1) is 0 Å². The average molecular weight is 384 g/mol. The first-order valence-electron chi connectivity index (χ1n) is 8.64. The van der Waals surface area contributed by atoms with Crippen LogP contribution in [0.3, 0.4) is 0 Å². The Morgan fingerprint density at radius 2 is 1.84 bits per heavy atom. The molecule has 0 aromatic heterocycles. The van der Waals surface area contributed by atoms with Crippen LogP contribution < -0.4 is 5.32 Å². The number of nitrogens with one attached hydrogen (secondary N) is 1. The Bertz CT molecular complexity index is 710. The molecule has 3 rings (SSSR count). The van der Waals surface area contributed by atoms with Gasteiger partial charge in [0.1, 0.15) is 0 Å². The lowest BCUT2D eigenvalue weighted by Gasteiger charge is -2.31. The average Bonchev–Trinajstić information content (AvgIpc) is 2.63. The molecule has 0 unspecified atom stereocenters. The molecule has 0 radical (unpaired) electrons. The molecule has 0 aliphatic carbocycles. The van der Waals surface area contributed by atoms with Crippen molar-refractivity contribution in [2.24, 2.45) is 0 Å². The number of piperazine rings is 1. The summed E-state index contributed by atoms with van der Waals surface area (Å²) in [5.41, 5.74) is 0.411. The van der Waals surface area contributed by atoms with E-state index in [4.69, 9.17) is 0 Å². The van der Waals surface area contributed by atoms with Crippen LogP contribution in [0.1, 0.15) is 23.2 Å². The van der Waals surface area contributed by atoms with Crippen LogP contribution >= 0.6 is 11.8 Å². The minimum absolute atomic E-state index is 0.187. The van der Waals surface area contributed by atoms with Crippen LogP contribution in [0.4, 0.5) is 0 Å². The van der Waals surface area contributed by atoms with Gasteiger partial charge in [0, 0.05) is 37.8 Å². The summed E-state index contributed by atoms with van der Waals surface area (Å²) >= 11 is 1.90. The fourth-order valence-electron chi connectivity index (χ4n) is 3.09. The van der Waals surface area contributed by atoms with Crippen molar-refractivity contribution in [1.29, 1.82) is 0 Å². The molecule has 2 fully saturated rings. The summed E-state index contributed by atoms with van der Waals surface area (Å²) in [6.07, 6.45) is 1.94. The number of rotatable bonds is 4. The Kier molecular flexibility index (Phi) is 6.04. The van der Waals surface area contributed by atoms with Crippen molar-refractivity contribution in [1.82, 2.24) is 14.5 Å². The Morgan fingerprint density at radius 1 is 1.16 bits per heavy atom. The van der Waals surface area contributed by atoms with Crippen LogP contribution in [0.25, 0.3) is 0 Å². The molecule has 8 heteroatoms. The highest BCUT2D eigenvalue weighted by Gasteiger charge is 2.28. The van der Waals surface area contributed by atoms with E-state index in [1.54, 1.807) is 18.2 Å². The zero-order valence-electron chi connectivity index (χ0n) is 14.5. The van der Waals surface area contributed by atoms with Gasteiger partial charge in [0.2, 0.25) is 10.0 Å². The number of nitrogens with zero attached hydrogens (tertiary/aromatic N) is 2. The predicted octanol–water partition coefficient (Wildman–Crippen LogP) is 1.25. The smallest absolute Gasteiger partial charge is 0.251 e. The number of benzene rings is 1. The first kappa shape index (κ1) is 18.7. The van der Waals surface area contributed by atoms with Crippen LogP contribution in [0.5, 0.6) is 0 Å². The van der Waals surface area contributed by atoms with E-state index in [1.807, 2.05) is 18.8 Å². The molecule has 2 aliphatic heterocycles. The second kappa shape index (κ2) is 8.07. The van der Waals surface area contributed by atoms with E-state index in [2.05, 4.69) is 10.2 Å². The highest BCUT2D eigenvalue weighted by atomic mass is 32.2. The van der Waals surface area contributed by atoms with Crippen LogP contribution in [-0.4, -0.2) is 74.3 Å². The van der Waals surface area contributed by atoms with Gasteiger partial charge in [0.15, 0.2) is 0 Å². The van der Waals surface area contributed by atoms with Crippen molar-refractivity contribution in [3.05, 3.63) is 29.8 Å². The Morgan fingerprint density at radius 3 is 2.52 bits per heavy atom. The molecule has 0 saturated carbocycles. The number of sulfonamides is 1. The van der Waals surface area contributed by atoms with E-state index in [9.17, 15) is 13.2 Å². The van der Waals surface area contributed by atoms with Gasteiger partial charge >= 0.3 is 0 Å². The molecule has 1 aromatic carbocycles. The minimum atomic E-state index is -3.55. The molecule has 1 N–H and O–H groups in total. The summed E-state index contributed by atoms with van der Waals surface area (Å²) in [5, 5.41) is 3.03. The predicted molar refractivity (Wildman–Crippen MR) is 101 cm³/mol. The zero-order valence-corrected chi connectivity index (χ0v) is 16.1. The van der Waals surface area contributed by atoms with Crippen molar-refractivity contribution >= 4 is 27.7 Å². The van der Waals surface area contributed by atoms with Gasteiger partial charge in [-0.25, -0.2) is 8.42 Å². The molecule has 25 heavy (non-hydrogen) atoms. The monoisotopic (exact) mass is 383 g/mol. The quantitative estimate of drug-likeness (QED) is 0.847. The van der Waals surface area contributed by atoms with Gasteiger partial charge in [-0.1, -0.05) is 6.07 Å². The Hall–Kier alpha value is -1.09. The molecular weight excluding hydrogens is 358 g/mol. The lowest BCUT2D eigenvalue weighted by atomic mass is 10.1. The lowest BCUT2D eigenvalue weighted by molar-refractivity contribution is 0.0934. The third-order valence-electron chi connectivity index (χ3n) is 4.75. The fraction of sp³-hybridized carbons (Fsp3) is 0.588. The molecule has 2 saturated heterocycles. The first-order chi connectivity index (χ1) is 12.0. The molecule has 2 aliphatic rings. The number of amides is 1. The maximum absolute atomic E-state index is 12.8. The van der Waals surface area contributed by atoms with E-state index in [0.29, 0.717) is 18.7 Å². The largest absolute Gasteiger partial charge is 0.349 e. The number of carbonyl (C=O) groups excluding carboxylic acids is 1. The molecule has 0 bridgehead atoms.